The van der Waals surface area contributed by atoms with E-state index in [1.165, 1.54) is 141 Å². The monoisotopic (exact) mass is 846 g/mol. The molecule has 0 N–H and O–H groups in total. The summed E-state index contributed by atoms with van der Waals surface area (Å²) in [6.45, 7) is 4.51. The van der Waals surface area contributed by atoms with E-state index in [1.807, 2.05) is 48.5 Å². The molecule has 0 unspecified atom stereocenters. The topological polar surface area (TPSA) is 114 Å². The number of rotatable bonds is 28. The minimum absolute atomic E-state index is 0. The van der Waals surface area contributed by atoms with Crippen molar-refractivity contribution in [1.29, 1.82) is 0 Å². The van der Waals surface area contributed by atoms with Gasteiger partial charge in [0.25, 0.3) is 0 Å². The van der Waals surface area contributed by atoms with Gasteiger partial charge in [0, 0.05) is 10.8 Å². The molecule has 0 radical (unpaired) electrons. The smallest absolute Gasteiger partial charge is 0.744 e. The first-order chi connectivity index (χ1) is 27.1. The van der Waals surface area contributed by atoms with Crippen LogP contribution in [0, 0.1) is 0 Å². The van der Waals surface area contributed by atoms with Gasteiger partial charge in [-0.3, -0.25) is 0 Å². The fourth-order valence-corrected chi connectivity index (χ4v) is 9.40. The Morgan fingerprint density at radius 3 is 0.877 bits per heavy atom. The normalized spacial score (nSPS) is 11.7. The van der Waals surface area contributed by atoms with Gasteiger partial charge in [0.1, 0.15) is 20.2 Å². The van der Waals surface area contributed by atoms with E-state index in [2.05, 4.69) is 13.8 Å². The van der Waals surface area contributed by atoms with Gasteiger partial charge in [-0.25, -0.2) is 16.8 Å². The minimum Gasteiger partial charge on any atom is -0.744 e. The maximum atomic E-state index is 11.6. The molecular formula is C48H70CaO6S2. The Hall–Kier alpha value is -1.52. The van der Waals surface area contributed by atoms with Crippen molar-refractivity contribution in [3.8, 4) is 0 Å². The summed E-state index contributed by atoms with van der Waals surface area (Å²) in [5, 5.41) is 2.88. The van der Waals surface area contributed by atoms with Crippen LogP contribution in [0.1, 0.15) is 179 Å². The summed E-state index contributed by atoms with van der Waals surface area (Å²) in [6.07, 6.45) is 32.8. The summed E-state index contributed by atoms with van der Waals surface area (Å²) in [6, 6.07) is 21.4. The first-order valence-corrected chi connectivity index (χ1v) is 24.8. The molecule has 0 spiro atoms. The zero-order valence-electron chi connectivity index (χ0n) is 35.3. The molecule has 4 aromatic rings. The van der Waals surface area contributed by atoms with E-state index in [1.54, 1.807) is 12.1 Å². The Bertz CT molecular complexity index is 1760. The average molecular weight is 847 g/mol. The Morgan fingerprint density at radius 1 is 0.368 bits per heavy atom. The third-order valence-electron chi connectivity index (χ3n) is 11.0. The largest absolute Gasteiger partial charge is 2.00 e. The molecule has 4 rings (SSSR count). The second kappa shape index (κ2) is 29.7. The van der Waals surface area contributed by atoms with Crippen LogP contribution in [0.2, 0.25) is 0 Å². The molecule has 0 aliphatic carbocycles. The summed E-state index contributed by atoms with van der Waals surface area (Å²) >= 11 is 0. The average Bonchev–Trinajstić information content (AvgIpc) is 3.18. The van der Waals surface area contributed by atoms with Crippen molar-refractivity contribution in [2.24, 2.45) is 0 Å². The van der Waals surface area contributed by atoms with Crippen LogP contribution in [0.4, 0.5) is 0 Å². The zero-order chi connectivity index (χ0) is 40.5. The van der Waals surface area contributed by atoms with Crippen molar-refractivity contribution < 1.29 is 25.9 Å². The van der Waals surface area contributed by atoms with Crippen LogP contribution in [0.5, 0.6) is 0 Å². The van der Waals surface area contributed by atoms with E-state index in [-0.39, 0.29) is 47.5 Å². The number of hydrogen-bond acceptors (Lipinski definition) is 6. The quantitative estimate of drug-likeness (QED) is 0.0319. The summed E-state index contributed by atoms with van der Waals surface area (Å²) in [7, 11) is -8.92. The molecule has 0 aromatic heterocycles. The third-order valence-corrected chi connectivity index (χ3v) is 12.8. The van der Waals surface area contributed by atoms with Crippen molar-refractivity contribution in [2.45, 2.75) is 191 Å². The molecule has 0 aliphatic heterocycles. The number of unbranched alkanes of at least 4 members (excludes halogenated alkanes) is 22. The molecule has 4 aromatic carbocycles. The summed E-state index contributed by atoms with van der Waals surface area (Å²) < 4.78 is 69.7. The van der Waals surface area contributed by atoms with Gasteiger partial charge in [-0.15, -0.1) is 0 Å². The van der Waals surface area contributed by atoms with Crippen LogP contribution in [-0.2, 0) is 33.1 Å². The Balaban J connectivity index is 0.000000387. The molecule has 0 saturated carbocycles. The zero-order valence-corrected chi connectivity index (χ0v) is 39.1. The molecule has 57 heavy (non-hydrogen) atoms. The number of benzene rings is 4. The molecular weight excluding hydrogens is 777 g/mol. The first kappa shape index (κ1) is 51.6. The van der Waals surface area contributed by atoms with E-state index in [9.17, 15) is 25.9 Å². The molecule has 312 valence electrons. The van der Waals surface area contributed by atoms with E-state index in [0.717, 1.165) is 60.4 Å². The van der Waals surface area contributed by atoms with Crippen LogP contribution >= 0.6 is 0 Å². The van der Waals surface area contributed by atoms with Crippen LogP contribution < -0.4 is 0 Å². The van der Waals surface area contributed by atoms with Crippen LogP contribution in [-0.4, -0.2) is 63.7 Å². The summed E-state index contributed by atoms with van der Waals surface area (Å²) in [4.78, 5) is -0.168. The molecule has 0 aliphatic rings. The van der Waals surface area contributed by atoms with Gasteiger partial charge >= 0.3 is 37.7 Å². The van der Waals surface area contributed by atoms with Gasteiger partial charge in [0.05, 0.1) is 9.79 Å². The fraction of sp³-hybridized carbons (Fsp3) is 0.583. The Labute approximate surface area is 376 Å². The molecule has 0 heterocycles. The van der Waals surface area contributed by atoms with E-state index in [4.69, 9.17) is 0 Å². The molecule has 0 fully saturated rings. The number of aryl methyl sites for hydroxylation is 2. The Morgan fingerprint density at radius 2 is 0.614 bits per heavy atom. The fourth-order valence-electron chi connectivity index (χ4n) is 7.91. The van der Waals surface area contributed by atoms with Crippen molar-refractivity contribution >= 4 is 79.5 Å². The van der Waals surface area contributed by atoms with Crippen molar-refractivity contribution in [3.63, 3.8) is 0 Å². The van der Waals surface area contributed by atoms with Gasteiger partial charge < -0.3 is 9.11 Å². The molecule has 0 bridgehead atoms. The second-order valence-corrected chi connectivity index (χ2v) is 18.4. The van der Waals surface area contributed by atoms with Crippen molar-refractivity contribution in [3.05, 3.63) is 83.9 Å². The van der Waals surface area contributed by atoms with Gasteiger partial charge in [-0.05, 0) is 59.7 Å². The first-order valence-electron chi connectivity index (χ1n) is 22.0. The molecule has 0 saturated heterocycles. The van der Waals surface area contributed by atoms with E-state index in [0.29, 0.717) is 10.8 Å². The van der Waals surface area contributed by atoms with Gasteiger partial charge in [0.2, 0.25) is 0 Å². The Kier molecular flexibility index (Phi) is 26.9. The van der Waals surface area contributed by atoms with Gasteiger partial charge in [-0.1, -0.05) is 216 Å². The number of fused-ring (bicyclic) bond motifs is 2. The van der Waals surface area contributed by atoms with Crippen LogP contribution in [0.25, 0.3) is 21.5 Å². The predicted octanol–water partition coefficient (Wildman–Crippen LogP) is 13.6. The van der Waals surface area contributed by atoms with Crippen LogP contribution in [0.3, 0.4) is 0 Å². The van der Waals surface area contributed by atoms with Crippen LogP contribution in [0.15, 0.2) is 82.6 Å². The number of hydrogen-bond donors (Lipinski definition) is 0. The predicted molar refractivity (Wildman–Crippen MR) is 239 cm³/mol. The summed E-state index contributed by atoms with van der Waals surface area (Å²) in [5.74, 6) is 0. The van der Waals surface area contributed by atoms with Gasteiger partial charge in [-0.2, -0.15) is 0 Å². The maximum absolute atomic E-state index is 11.6. The molecule has 6 nitrogen and oxygen atoms in total. The molecule has 9 heteroatoms. The van der Waals surface area contributed by atoms with E-state index < -0.39 is 20.2 Å². The second-order valence-electron chi connectivity index (χ2n) is 15.7. The standard InChI is InChI=1S/2C24H36O3S.Ca/c2*1-2-3-4-5-6-7-8-9-10-11-12-13-16-21-17-14-18-22-19-15-20-23(24(21)22)28(25,26)27;/h2*14-15,17-20H,2-13,16H2,1H3,(H,25,26,27);/q;;+2/p-2. The SMILES string of the molecule is CCCCCCCCCCCCCCc1cccc2cccc(S(=O)(=O)[O-])c12.CCCCCCCCCCCCCCc1cccc2cccc(S(=O)(=O)[O-])c12.[Ca+2]. The van der Waals surface area contributed by atoms with Crippen molar-refractivity contribution in [1.82, 2.24) is 0 Å². The van der Waals surface area contributed by atoms with Gasteiger partial charge in [0.15, 0.2) is 0 Å². The maximum Gasteiger partial charge on any atom is 2.00 e. The molecule has 0 atom stereocenters. The van der Waals surface area contributed by atoms with E-state index >= 15 is 0 Å². The molecule has 0 amide bonds. The third kappa shape index (κ3) is 20.1. The summed E-state index contributed by atoms with van der Waals surface area (Å²) in [5.41, 5.74) is 1.94. The van der Waals surface area contributed by atoms with Crippen molar-refractivity contribution in [2.75, 3.05) is 0 Å². The minimum atomic E-state index is -4.46.